The minimum absolute atomic E-state index is 0.117. The zero-order chi connectivity index (χ0) is 29.4. The molecule has 0 radical (unpaired) electrons. The molecule has 1 aliphatic rings. The molecule has 1 aromatic heterocycles. The number of para-hydroxylation sites is 2. The van der Waals surface area contributed by atoms with Crippen LogP contribution in [0, 0.1) is 0 Å². The van der Waals surface area contributed by atoms with Gasteiger partial charge in [-0.2, -0.15) is 0 Å². The molecule has 0 saturated carbocycles. The van der Waals surface area contributed by atoms with Crippen LogP contribution in [-0.2, 0) is 30.8 Å². The van der Waals surface area contributed by atoms with Gasteiger partial charge in [0.2, 0.25) is 11.8 Å². The number of nitrogens with one attached hydrogen (secondary N) is 2. The quantitative estimate of drug-likeness (QED) is 0.398. The number of nitrogens with zero attached hydrogens (tertiary/aromatic N) is 2. The summed E-state index contributed by atoms with van der Waals surface area (Å²) in [5, 5.41) is 6.44. The van der Waals surface area contributed by atoms with Gasteiger partial charge in [-0.05, 0) is 50.7 Å². The summed E-state index contributed by atoms with van der Waals surface area (Å²) >= 11 is 6.09. The molecule has 2 heterocycles. The highest BCUT2D eigenvalue weighted by atomic mass is 35.5. The zero-order valence-corrected chi connectivity index (χ0v) is 23.9. The summed E-state index contributed by atoms with van der Waals surface area (Å²) in [6, 6.07) is 9.73. The minimum atomic E-state index is -3.72. The van der Waals surface area contributed by atoms with Crippen molar-refractivity contribution in [2.45, 2.75) is 38.5 Å². The van der Waals surface area contributed by atoms with E-state index in [2.05, 4.69) is 10.6 Å². The van der Waals surface area contributed by atoms with E-state index in [-0.39, 0.29) is 17.8 Å². The largest absolute Gasteiger partial charge is 0.423 e. The first kappa shape index (κ1) is 29.2. The van der Waals surface area contributed by atoms with Crippen molar-refractivity contribution in [3.05, 3.63) is 69.5 Å². The van der Waals surface area contributed by atoms with Crippen molar-refractivity contribution >= 4 is 61.5 Å². The maximum Gasteiger partial charge on any atom is 0.336 e. The van der Waals surface area contributed by atoms with Crippen LogP contribution in [0.15, 0.2) is 57.7 Å². The second kappa shape index (κ2) is 11.4. The Morgan fingerprint density at radius 3 is 2.42 bits per heavy atom. The van der Waals surface area contributed by atoms with E-state index in [1.165, 1.54) is 21.9 Å². The van der Waals surface area contributed by atoms with Crippen LogP contribution in [-0.4, -0.2) is 63.3 Å². The van der Waals surface area contributed by atoms with E-state index >= 15 is 0 Å². The predicted molar refractivity (Wildman–Crippen MR) is 152 cm³/mol. The van der Waals surface area contributed by atoms with Crippen LogP contribution < -0.4 is 26.1 Å². The first-order valence-corrected chi connectivity index (χ1v) is 14.8. The number of hydrogen-bond acceptors (Lipinski definition) is 8. The first-order chi connectivity index (χ1) is 18.8. The zero-order valence-electron chi connectivity index (χ0n) is 22.3. The molecule has 11 nitrogen and oxygen atoms in total. The molecule has 0 spiro atoms. The van der Waals surface area contributed by atoms with Gasteiger partial charge in [0.25, 0.3) is 5.91 Å². The van der Waals surface area contributed by atoms with Crippen LogP contribution in [0.3, 0.4) is 0 Å². The molecule has 3 atom stereocenters. The van der Waals surface area contributed by atoms with Gasteiger partial charge in [-0.3, -0.25) is 14.4 Å². The monoisotopic (exact) mass is 588 g/mol. The number of benzene rings is 2. The number of halogens is 1. The van der Waals surface area contributed by atoms with Crippen molar-refractivity contribution in [1.29, 1.82) is 0 Å². The molecular formula is C27H29ClN4O7S. The average molecular weight is 589 g/mol. The summed E-state index contributed by atoms with van der Waals surface area (Å²) < 4.78 is 29.5. The molecule has 3 amide bonds. The van der Waals surface area contributed by atoms with Crippen molar-refractivity contribution in [2.75, 3.05) is 28.9 Å². The van der Waals surface area contributed by atoms with Crippen LogP contribution in [0.25, 0.3) is 11.0 Å². The summed E-state index contributed by atoms with van der Waals surface area (Å²) in [4.78, 5) is 55.6. The first-order valence-electron chi connectivity index (χ1n) is 12.4. The third kappa shape index (κ3) is 6.03. The number of rotatable bonds is 7. The lowest BCUT2D eigenvalue weighted by Crippen LogP contribution is -2.60. The van der Waals surface area contributed by atoms with Gasteiger partial charge in [0.05, 0.1) is 30.0 Å². The molecule has 0 bridgehead atoms. The Bertz CT molecular complexity index is 1660. The number of anilines is 2. The Hall–Kier alpha value is -3.74. The summed E-state index contributed by atoms with van der Waals surface area (Å²) in [5.74, 6) is -2.59. The number of amides is 3. The van der Waals surface area contributed by atoms with E-state index in [9.17, 15) is 27.6 Å². The molecule has 212 valence electrons. The van der Waals surface area contributed by atoms with Crippen molar-refractivity contribution in [1.82, 2.24) is 10.6 Å². The second-order valence-electron chi connectivity index (χ2n) is 9.72. The molecule has 4 rings (SSSR count). The van der Waals surface area contributed by atoms with Crippen LogP contribution in [0.5, 0.6) is 0 Å². The molecule has 1 unspecified atom stereocenters. The van der Waals surface area contributed by atoms with Gasteiger partial charge in [0.15, 0.2) is 9.84 Å². The lowest BCUT2D eigenvalue weighted by atomic mass is 10.1. The maximum atomic E-state index is 14.2. The van der Waals surface area contributed by atoms with Crippen LogP contribution in [0.1, 0.15) is 19.4 Å². The highest BCUT2D eigenvalue weighted by molar-refractivity contribution is 7.91. The summed E-state index contributed by atoms with van der Waals surface area (Å²) in [7, 11) is -2.13. The summed E-state index contributed by atoms with van der Waals surface area (Å²) in [6.45, 7) is 3.07. The lowest BCUT2D eigenvalue weighted by molar-refractivity contribution is -0.129. The molecule has 1 aliphatic heterocycles. The van der Waals surface area contributed by atoms with Gasteiger partial charge in [-0.15, -0.1) is 0 Å². The summed E-state index contributed by atoms with van der Waals surface area (Å²) in [6.07, 6.45) is 0.947. The molecule has 2 aromatic carbocycles. The van der Waals surface area contributed by atoms with Gasteiger partial charge < -0.3 is 24.9 Å². The Kier molecular flexibility index (Phi) is 8.33. The molecule has 0 aliphatic carbocycles. The Balaban J connectivity index is 1.90. The normalized spacial score (nSPS) is 18.3. The number of fused-ring (bicyclic) bond motifs is 2. The summed E-state index contributed by atoms with van der Waals surface area (Å²) in [5.41, 5.74) is 0.618. The number of hydrogen-bond donors (Lipinski definition) is 2. The molecule has 0 saturated heterocycles. The van der Waals surface area contributed by atoms with Crippen molar-refractivity contribution in [3.8, 4) is 0 Å². The minimum Gasteiger partial charge on any atom is -0.423 e. The smallest absolute Gasteiger partial charge is 0.336 e. The number of carbonyl (C=O) groups excluding carboxylic acids is 3. The van der Waals surface area contributed by atoms with E-state index in [0.717, 1.165) is 6.26 Å². The van der Waals surface area contributed by atoms with Crippen molar-refractivity contribution in [2.24, 2.45) is 0 Å². The molecule has 0 fully saturated rings. The SMILES string of the molecule is CNC(C)C(=O)N[C@@H]1C(=O)N(Cc2cc(=O)oc3cc(Cl)ccc23)c2ccccc2N(C(=O)CS(C)(=O)=O)[C@H]1C. The standard InChI is InChI=1S/C27H29ClN4O7S/c1-15(29-3)26(35)30-25-16(2)32(23(33)14-40(4,37)38)21-8-6-5-7-20(21)31(27(25)36)13-17-11-24(34)39-22-12-18(28)9-10-19(17)22/h5-12,15-16,25,29H,13-14H2,1-4H3,(H,30,35)/t15?,16-,25-/m0/s1. The van der Waals surface area contributed by atoms with Crippen LogP contribution in [0.2, 0.25) is 5.02 Å². The fraction of sp³-hybridized carbons (Fsp3) is 0.333. The third-order valence-electron chi connectivity index (χ3n) is 6.75. The number of sulfone groups is 1. The number of carbonyl (C=O) groups is 3. The van der Waals surface area contributed by atoms with Crippen molar-refractivity contribution < 1.29 is 27.2 Å². The van der Waals surface area contributed by atoms with Crippen LogP contribution in [0.4, 0.5) is 11.4 Å². The van der Waals surface area contributed by atoms with E-state index < -0.39 is 57.1 Å². The highest BCUT2D eigenvalue weighted by Gasteiger charge is 2.42. The lowest BCUT2D eigenvalue weighted by Gasteiger charge is -2.32. The van der Waals surface area contributed by atoms with Crippen molar-refractivity contribution in [3.63, 3.8) is 0 Å². The average Bonchev–Trinajstić information content (AvgIpc) is 2.95. The van der Waals surface area contributed by atoms with Gasteiger partial charge in [-0.25, -0.2) is 13.2 Å². The van der Waals surface area contributed by atoms with Crippen LogP contribution >= 0.6 is 11.6 Å². The Morgan fingerprint density at radius 2 is 1.77 bits per heavy atom. The molecule has 3 aromatic rings. The van der Waals surface area contributed by atoms with Gasteiger partial charge >= 0.3 is 5.63 Å². The molecule has 2 N–H and O–H groups in total. The molecular weight excluding hydrogens is 560 g/mol. The molecule has 13 heteroatoms. The third-order valence-corrected chi connectivity index (χ3v) is 7.76. The highest BCUT2D eigenvalue weighted by Crippen LogP contribution is 2.37. The Morgan fingerprint density at radius 1 is 1.10 bits per heavy atom. The van der Waals surface area contributed by atoms with E-state index in [1.807, 2.05) is 0 Å². The Labute approximate surface area is 236 Å². The fourth-order valence-corrected chi connectivity index (χ4v) is 5.42. The van der Waals surface area contributed by atoms with Gasteiger partial charge in [0, 0.05) is 28.8 Å². The predicted octanol–water partition coefficient (Wildman–Crippen LogP) is 1.85. The van der Waals surface area contributed by atoms with E-state index in [4.69, 9.17) is 16.0 Å². The maximum absolute atomic E-state index is 14.2. The second-order valence-corrected chi connectivity index (χ2v) is 12.3. The van der Waals surface area contributed by atoms with E-state index in [0.29, 0.717) is 21.7 Å². The fourth-order valence-electron chi connectivity index (χ4n) is 4.67. The van der Waals surface area contributed by atoms with Gasteiger partial charge in [-0.1, -0.05) is 23.7 Å². The molecule has 40 heavy (non-hydrogen) atoms. The number of likely N-dealkylation sites (N-methyl/N-ethyl adjacent to an activating group) is 1. The topological polar surface area (TPSA) is 146 Å². The van der Waals surface area contributed by atoms with E-state index in [1.54, 1.807) is 57.3 Å². The van der Waals surface area contributed by atoms with Gasteiger partial charge in [0.1, 0.15) is 17.4 Å².